The maximum absolute atomic E-state index is 13.1. The number of nitrogens with two attached hydrogens (primary N) is 1. The van der Waals surface area contributed by atoms with Gasteiger partial charge in [0, 0.05) is 31.2 Å². The smallest absolute Gasteiger partial charge is 0.328 e. The molecule has 10 N–H and O–H groups in total. The number of carbonyl (C=O) groups excluding carboxylic acids is 2. The van der Waals surface area contributed by atoms with Gasteiger partial charge < -0.3 is 56.5 Å². The number of aromatic nitrogens is 1. The topological polar surface area (TPSA) is 231 Å². The maximum Gasteiger partial charge on any atom is 0.328 e. The first-order valence-corrected chi connectivity index (χ1v) is 22.8. The highest BCUT2D eigenvalue weighted by atomic mass is 16.4. The highest BCUT2D eigenvalue weighted by Gasteiger charge is 2.63. The number of aliphatic carboxylic acids is 1. The SMILES string of the molecule is NC1=NC(C(=CC(=O)O)C2(Nc3ccc[nH]3)CCC3CC2C2C4C=CC(CCCCCC(C=O)CCCO)C2c2cc5cc(CC=O)ccc5cc2C34)CC(C(O)C(O)CO)N1. The van der Waals surface area contributed by atoms with Crippen LogP contribution < -0.4 is 16.4 Å². The van der Waals surface area contributed by atoms with E-state index in [0.29, 0.717) is 37.2 Å². The first kappa shape index (κ1) is 43.8. The summed E-state index contributed by atoms with van der Waals surface area (Å²) in [5.41, 5.74) is 9.81. The predicted octanol–water partition coefficient (Wildman–Crippen LogP) is 5.10. The van der Waals surface area contributed by atoms with Crippen molar-refractivity contribution >= 4 is 41.1 Å². The van der Waals surface area contributed by atoms with Crippen molar-refractivity contribution in [1.82, 2.24) is 10.3 Å². The molecule has 0 spiro atoms. The molecular formula is C49H63N5O8. The van der Waals surface area contributed by atoms with Crippen LogP contribution in [0.25, 0.3) is 10.8 Å². The molecule has 332 valence electrons. The van der Waals surface area contributed by atoms with E-state index in [2.05, 4.69) is 58.1 Å². The molecule has 0 amide bonds. The molecule has 0 radical (unpaired) electrons. The summed E-state index contributed by atoms with van der Waals surface area (Å²) in [5, 5.41) is 60.5. The zero-order chi connectivity index (χ0) is 43.5. The highest BCUT2D eigenvalue weighted by Crippen LogP contribution is 2.68. The number of H-pyrrole nitrogens is 1. The number of guanidine groups is 1. The van der Waals surface area contributed by atoms with Gasteiger partial charge in [-0.1, -0.05) is 61.7 Å². The normalized spacial score (nSPS) is 31.3. The van der Waals surface area contributed by atoms with Crippen LogP contribution in [0.4, 0.5) is 5.82 Å². The largest absolute Gasteiger partial charge is 0.478 e. The zero-order valence-corrected chi connectivity index (χ0v) is 35.3. The number of hydrogen-bond acceptors (Lipinski definition) is 11. The Morgan fingerprint density at radius 3 is 2.53 bits per heavy atom. The summed E-state index contributed by atoms with van der Waals surface area (Å²) in [6.45, 7) is -0.563. The molecule has 13 atom stereocenters. The van der Waals surface area contributed by atoms with E-state index in [1.165, 1.54) is 17.2 Å². The van der Waals surface area contributed by atoms with Crippen molar-refractivity contribution in [3.05, 3.63) is 89.2 Å². The van der Waals surface area contributed by atoms with E-state index in [4.69, 9.17) is 10.7 Å². The summed E-state index contributed by atoms with van der Waals surface area (Å²) in [4.78, 5) is 44.6. The lowest BCUT2D eigenvalue weighted by Gasteiger charge is -2.65. The minimum atomic E-state index is -1.43. The lowest BCUT2D eigenvalue weighted by molar-refractivity contribution is -0.131. The molecule has 5 aliphatic rings. The van der Waals surface area contributed by atoms with E-state index in [0.717, 1.165) is 79.7 Å². The number of allylic oxidation sites excluding steroid dienone is 2. The fourth-order valence-corrected chi connectivity index (χ4v) is 12.7. The number of carboxylic acid groups (broad SMARTS) is 1. The molecule has 2 heterocycles. The number of fused-ring (bicyclic) bond motifs is 7. The van der Waals surface area contributed by atoms with Gasteiger partial charge in [-0.15, -0.1) is 0 Å². The van der Waals surface area contributed by atoms with Gasteiger partial charge in [0.25, 0.3) is 0 Å². The van der Waals surface area contributed by atoms with Crippen LogP contribution in [-0.4, -0.2) is 98.1 Å². The highest BCUT2D eigenvalue weighted by molar-refractivity contribution is 5.86. The third-order valence-corrected chi connectivity index (χ3v) is 15.3. The molecule has 13 unspecified atom stereocenters. The Morgan fingerprint density at radius 2 is 1.79 bits per heavy atom. The molecule has 1 aliphatic heterocycles. The lowest BCUT2D eigenvalue weighted by atomic mass is 9.41. The summed E-state index contributed by atoms with van der Waals surface area (Å²) < 4.78 is 0. The molecule has 2 fully saturated rings. The van der Waals surface area contributed by atoms with E-state index in [9.17, 15) is 39.9 Å². The molecular weight excluding hydrogens is 787 g/mol. The molecule has 13 heteroatoms. The van der Waals surface area contributed by atoms with E-state index in [1.807, 2.05) is 18.3 Å². The minimum absolute atomic E-state index is 0.0271. The van der Waals surface area contributed by atoms with Gasteiger partial charge in [0.05, 0.1) is 24.2 Å². The number of aldehydes is 2. The van der Waals surface area contributed by atoms with Crippen LogP contribution in [0.2, 0.25) is 0 Å². The number of unbranched alkanes of at least 4 members (excludes halogenated alkanes) is 2. The van der Waals surface area contributed by atoms with Gasteiger partial charge in [-0.05, 0) is 138 Å². The zero-order valence-electron chi connectivity index (χ0n) is 35.3. The summed E-state index contributed by atoms with van der Waals surface area (Å²) in [7, 11) is 0. The first-order chi connectivity index (χ1) is 30.1. The third-order valence-electron chi connectivity index (χ3n) is 15.3. The summed E-state index contributed by atoms with van der Waals surface area (Å²) in [6, 6.07) is 13.5. The summed E-state index contributed by atoms with van der Waals surface area (Å²) in [6.07, 6.45) is 16.1. The van der Waals surface area contributed by atoms with Crippen LogP contribution in [0.5, 0.6) is 0 Å². The number of nitrogens with one attached hydrogen (secondary N) is 3. The van der Waals surface area contributed by atoms with Crippen LogP contribution in [0.3, 0.4) is 0 Å². The van der Waals surface area contributed by atoms with E-state index in [-0.39, 0.29) is 60.4 Å². The average molecular weight is 850 g/mol. The maximum atomic E-state index is 13.1. The quantitative estimate of drug-likeness (QED) is 0.0315. The van der Waals surface area contributed by atoms with E-state index >= 15 is 0 Å². The van der Waals surface area contributed by atoms with Gasteiger partial charge in [0.15, 0.2) is 5.96 Å². The molecule has 1 aromatic heterocycles. The monoisotopic (exact) mass is 849 g/mol. The molecule has 0 saturated heterocycles. The lowest BCUT2D eigenvalue weighted by Crippen LogP contribution is -2.64. The number of aromatic amines is 1. The molecule has 2 saturated carbocycles. The molecule has 6 bridgehead atoms. The number of aliphatic hydroxyl groups excluding tert-OH is 4. The molecule has 13 nitrogen and oxygen atoms in total. The Kier molecular flexibility index (Phi) is 13.3. The van der Waals surface area contributed by atoms with Crippen molar-refractivity contribution in [3.63, 3.8) is 0 Å². The Labute approximate surface area is 363 Å². The van der Waals surface area contributed by atoms with Crippen LogP contribution >= 0.6 is 0 Å². The number of hydrogen-bond donors (Lipinski definition) is 9. The van der Waals surface area contributed by atoms with Crippen LogP contribution in [0, 0.1) is 35.5 Å². The van der Waals surface area contributed by atoms with Gasteiger partial charge in [-0.2, -0.15) is 0 Å². The Morgan fingerprint density at radius 1 is 0.984 bits per heavy atom. The average Bonchev–Trinajstić information content (AvgIpc) is 3.78. The number of carbonyl (C=O) groups is 3. The second kappa shape index (κ2) is 18.9. The van der Waals surface area contributed by atoms with E-state index in [1.54, 1.807) is 0 Å². The van der Waals surface area contributed by atoms with Gasteiger partial charge in [-0.3, -0.25) is 0 Å². The van der Waals surface area contributed by atoms with Crippen LogP contribution in [0.15, 0.2) is 77.5 Å². The Balaban J connectivity index is 1.23. The third kappa shape index (κ3) is 8.48. The van der Waals surface area contributed by atoms with Gasteiger partial charge in [0.1, 0.15) is 30.6 Å². The number of benzene rings is 2. The second-order valence-electron chi connectivity index (χ2n) is 18.7. The van der Waals surface area contributed by atoms with Crippen LogP contribution in [-0.2, 0) is 20.8 Å². The molecule has 4 aliphatic carbocycles. The van der Waals surface area contributed by atoms with Crippen LogP contribution in [0.1, 0.15) is 99.2 Å². The van der Waals surface area contributed by atoms with Gasteiger partial charge in [-0.25, -0.2) is 9.79 Å². The van der Waals surface area contributed by atoms with Crippen molar-refractivity contribution in [2.45, 2.75) is 119 Å². The Hall–Kier alpha value is -4.82. The summed E-state index contributed by atoms with van der Waals surface area (Å²) in [5.74, 6) is 0.823. The Bertz CT molecular complexity index is 2170. The fraction of sp³-hybridized carbons (Fsp3) is 0.551. The van der Waals surface area contributed by atoms with Gasteiger partial charge in [0.2, 0.25) is 0 Å². The van der Waals surface area contributed by atoms with Crippen molar-refractivity contribution in [2.75, 3.05) is 18.5 Å². The number of aliphatic hydroxyl groups is 4. The van der Waals surface area contributed by atoms with Crippen molar-refractivity contribution in [1.29, 1.82) is 0 Å². The van der Waals surface area contributed by atoms with Crippen molar-refractivity contribution in [3.8, 4) is 0 Å². The second-order valence-corrected chi connectivity index (χ2v) is 18.7. The molecule has 8 rings (SSSR count). The number of anilines is 1. The van der Waals surface area contributed by atoms with E-state index < -0.39 is 42.4 Å². The van der Waals surface area contributed by atoms with Crippen molar-refractivity contribution < 1.29 is 39.9 Å². The first-order valence-electron chi connectivity index (χ1n) is 22.8. The van der Waals surface area contributed by atoms with Gasteiger partial charge >= 0.3 is 5.97 Å². The molecule has 2 aromatic carbocycles. The standard InChI is InChI=1S/C49H63N5O8/c50-48-52-39(25-40(53-48)47(62)41(59)27-58)37(24-43(60)61)49(54-42-9-4-17-51-42)16-14-32-23-38(49)46-34-13-12-30(8-3-1-2-6-29(26-57)7-5-18-55)45(46)36-22-33-20-28(15-19-56)10-11-31(33)21-35(36)44(32)34/h4,9-13,17,19-22,24,26,29-30,32,34,38-41,44-47,51,54-55,58-59,62H,1-3,5-8,14-16,18,23,25,27H2,(H,60,61)(H3,50,52,53). The summed E-state index contributed by atoms with van der Waals surface area (Å²) >= 11 is 0. The molecule has 3 aromatic rings. The fourth-order valence-electron chi connectivity index (χ4n) is 12.7. The minimum Gasteiger partial charge on any atom is -0.478 e. The van der Waals surface area contributed by atoms with Crippen molar-refractivity contribution in [2.24, 2.45) is 46.2 Å². The number of rotatable bonds is 20. The molecule has 62 heavy (non-hydrogen) atoms. The number of aliphatic imine (C=N–C) groups is 1. The predicted molar refractivity (Wildman–Crippen MR) is 238 cm³/mol. The number of nitrogens with zero attached hydrogens (tertiary/aromatic N) is 1. The number of carboxylic acids is 1.